The maximum absolute atomic E-state index is 11.9. The molecule has 0 aromatic heterocycles. The summed E-state index contributed by atoms with van der Waals surface area (Å²) in [5, 5.41) is 14.6. The van der Waals surface area contributed by atoms with Gasteiger partial charge >= 0.3 is 12.0 Å². The highest BCUT2D eigenvalue weighted by atomic mass is 127. The highest BCUT2D eigenvalue weighted by Crippen LogP contribution is 2.19. The number of carbonyl (C=O) groups is 2. The summed E-state index contributed by atoms with van der Waals surface area (Å²) in [7, 11) is 2.04. The fraction of sp³-hybridized carbons (Fsp3) is 0.429. The number of carboxylic acid groups (broad SMARTS) is 1. The standard InChI is InChI=1S/C14H18IN3O3/c1-18-6-2-3-10(18)8-16-14(21)17-12-5-4-9(15)7-11(12)13(19)20/h4-5,7,10H,2-3,6,8H2,1H3,(H,19,20)(H2,16,17,21). The number of benzene rings is 1. The Hall–Kier alpha value is -1.35. The predicted octanol–water partition coefficient (Wildman–Crippen LogP) is 2.21. The molecule has 1 atom stereocenters. The van der Waals surface area contributed by atoms with Gasteiger partial charge in [0.1, 0.15) is 0 Å². The molecule has 2 amide bonds. The van der Waals surface area contributed by atoms with Crippen molar-refractivity contribution in [2.24, 2.45) is 0 Å². The zero-order chi connectivity index (χ0) is 15.4. The van der Waals surface area contributed by atoms with E-state index in [-0.39, 0.29) is 11.6 Å². The van der Waals surface area contributed by atoms with Gasteiger partial charge in [-0.05, 0) is 67.2 Å². The van der Waals surface area contributed by atoms with Gasteiger partial charge in [-0.1, -0.05) is 0 Å². The lowest BCUT2D eigenvalue weighted by Gasteiger charge is -2.20. The molecule has 0 spiro atoms. The number of amides is 2. The van der Waals surface area contributed by atoms with Gasteiger partial charge < -0.3 is 20.6 Å². The van der Waals surface area contributed by atoms with Gasteiger partial charge in [0.05, 0.1) is 11.3 Å². The van der Waals surface area contributed by atoms with E-state index < -0.39 is 5.97 Å². The monoisotopic (exact) mass is 403 g/mol. The number of anilines is 1. The lowest BCUT2D eigenvalue weighted by Crippen LogP contribution is -2.40. The van der Waals surface area contributed by atoms with E-state index in [1.54, 1.807) is 12.1 Å². The van der Waals surface area contributed by atoms with Gasteiger partial charge in [-0.25, -0.2) is 9.59 Å². The fourth-order valence-corrected chi connectivity index (χ4v) is 2.91. The summed E-state index contributed by atoms with van der Waals surface area (Å²) in [5.41, 5.74) is 0.398. The second-order valence-corrected chi connectivity index (χ2v) is 6.35. The van der Waals surface area contributed by atoms with Crippen LogP contribution in [0.25, 0.3) is 0 Å². The zero-order valence-electron chi connectivity index (χ0n) is 11.7. The number of likely N-dealkylation sites (N-methyl/N-ethyl adjacent to an activating group) is 1. The molecule has 1 heterocycles. The van der Waals surface area contributed by atoms with Gasteiger partial charge in [0.15, 0.2) is 0 Å². The topological polar surface area (TPSA) is 81.7 Å². The number of carboxylic acids is 1. The molecule has 1 saturated heterocycles. The normalized spacial score (nSPS) is 18.5. The van der Waals surface area contributed by atoms with Crippen molar-refractivity contribution in [1.82, 2.24) is 10.2 Å². The Morgan fingerprint density at radius 3 is 2.86 bits per heavy atom. The number of hydrogen-bond acceptors (Lipinski definition) is 3. The first-order valence-electron chi connectivity index (χ1n) is 6.75. The maximum Gasteiger partial charge on any atom is 0.337 e. The molecule has 3 N–H and O–H groups in total. The third-order valence-corrected chi connectivity index (χ3v) is 4.30. The molecule has 114 valence electrons. The molecular weight excluding hydrogens is 385 g/mol. The summed E-state index contributed by atoms with van der Waals surface area (Å²) in [5.74, 6) is -1.06. The molecule has 7 heteroatoms. The van der Waals surface area contributed by atoms with Crippen LogP contribution in [0, 0.1) is 3.57 Å². The van der Waals surface area contributed by atoms with Crippen molar-refractivity contribution in [3.8, 4) is 0 Å². The summed E-state index contributed by atoms with van der Waals surface area (Å²) in [6, 6.07) is 4.87. The average molecular weight is 403 g/mol. The van der Waals surface area contributed by atoms with Crippen molar-refractivity contribution < 1.29 is 14.7 Å². The molecule has 0 saturated carbocycles. The van der Waals surface area contributed by atoms with Crippen LogP contribution in [0.5, 0.6) is 0 Å². The molecule has 6 nitrogen and oxygen atoms in total. The lowest BCUT2D eigenvalue weighted by molar-refractivity contribution is 0.0698. The van der Waals surface area contributed by atoms with Crippen LogP contribution in [0.1, 0.15) is 23.2 Å². The summed E-state index contributed by atoms with van der Waals surface area (Å²) < 4.78 is 0.809. The van der Waals surface area contributed by atoms with E-state index in [9.17, 15) is 9.59 Å². The van der Waals surface area contributed by atoms with Gasteiger partial charge in [-0.2, -0.15) is 0 Å². The van der Waals surface area contributed by atoms with Crippen LogP contribution >= 0.6 is 22.6 Å². The minimum atomic E-state index is -1.06. The first-order valence-corrected chi connectivity index (χ1v) is 7.83. The van der Waals surface area contributed by atoms with E-state index in [1.165, 1.54) is 6.07 Å². The molecule has 1 unspecified atom stereocenters. The van der Waals surface area contributed by atoms with E-state index in [0.29, 0.717) is 18.3 Å². The number of nitrogens with one attached hydrogen (secondary N) is 2. The maximum atomic E-state index is 11.9. The summed E-state index contributed by atoms with van der Waals surface area (Å²) >= 11 is 2.04. The van der Waals surface area contributed by atoms with Crippen molar-refractivity contribution >= 4 is 40.3 Å². The van der Waals surface area contributed by atoms with Crippen LogP contribution in [0.3, 0.4) is 0 Å². The van der Waals surface area contributed by atoms with E-state index in [1.807, 2.05) is 29.6 Å². The predicted molar refractivity (Wildman–Crippen MR) is 88.8 cm³/mol. The molecular formula is C14H18IN3O3. The van der Waals surface area contributed by atoms with Crippen LogP contribution in [-0.4, -0.2) is 48.2 Å². The number of likely N-dealkylation sites (tertiary alicyclic amines) is 1. The Morgan fingerprint density at radius 2 is 2.24 bits per heavy atom. The number of nitrogens with zero attached hydrogens (tertiary/aromatic N) is 1. The van der Waals surface area contributed by atoms with Crippen molar-refractivity contribution in [2.75, 3.05) is 25.5 Å². The fourth-order valence-electron chi connectivity index (χ4n) is 2.42. The first-order chi connectivity index (χ1) is 9.97. The van der Waals surface area contributed by atoms with Gasteiger partial charge in [-0.15, -0.1) is 0 Å². The number of aromatic carboxylic acids is 1. The smallest absolute Gasteiger partial charge is 0.337 e. The largest absolute Gasteiger partial charge is 0.478 e. The highest BCUT2D eigenvalue weighted by Gasteiger charge is 2.21. The Labute approximate surface area is 137 Å². The lowest BCUT2D eigenvalue weighted by atomic mass is 10.2. The van der Waals surface area contributed by atoms with Crippen LogP contribution in [0.4, 0.5) is 10.5 Å². The van der Waals surface area contributed by atoms with Crippen LogP contribution in [0.2, 0.25) is 0 Å². The third-order valence-electron chi connectivity index (χ3n) is 3.63. The molecule has 1 aromatic rings. The molecule has 0 radical (unpaired) electrons. The van der Waals surface area contributed by atoms with Crippen molar-refractivity contribution in [3.63, 3.8) is 0 Å². The molecule has 0 bridgehead atoms. The van der Waals surface area contributed by atoms with E-state index >= 15 is 0 Å². The van der Waals surface area contributed by atoms with E-state index in [0.717, 1.165) is 23.0 Å². The molecule has 1 aliphatic rings. The van der Waals surface area contributed by atoms with Crippen LogP contribution in [0.15, 0.2) is 18.2 Å². The molecule has 1 aliphatic heterocycles. The SMILES string of the molecule is CN1CCCC1CNC(=O)Nc1ccc(I)cc1C(=O)O. The second kappa shape index (κ2) is 7.08. The molecule has 2 rings (SSSR count). The molecule has 1 fully saturated rings. The summed E-state index contributed by atoms with van der Waals surface area (Å²) in [6.07, 6.45) is 2.21. The third kappa shape index (κ3) is 4.31. The van der Waals surface area contributed by atoms with Gasteiger partial charge in [-0.3, -0.25) is 0 Å². The molecule has 0 aliphatic carbocycles. The van der Waals surface area contributed by atoms with E-state index in [2.05, 4.69) is 15.5 Å². The van der Waals surface area contributed by atoms with Crippen LogP contribution in [-0.2, 0) is 0 Å². The van der Waals surface area contributed by atoms with Gasteiger partial charge in [0, 0.05) is 16.2 Å². The zero-order valence-corrected chi connectivity index (χ0v) is 13.9. The molecule has 21 heavy (non-hydrogen) atoms. The molecule has 1 aromatic carbocycles. The quantitative estimate of drug-likeness (QED) is 0.674. The minimum absolute atomic E-state index is 0.0926. The van der Waals surface area contributed by atoms with Gasteiger partial charge in [0.25, 0.3) is 0 Å². The summed E-state index contributed by atoms with van der Waals surface area (Å²) in [6.45, 7) is 1.61. The van der Waals surface area contributed by atoms with Crippen molar-refractivity contribution in [3.05, 3.63) is 27.3 Å². The number of hydrogen-bond donors (Lipinski definition) is 3. The Kier molecular flexibility index (Phi) is 5.40. The van der Waals surface area contributed by atoms with E-state index in [4.69, 9.17) is 5.11 Å². The summed E-state index contributed by atoms with van der Waals surface area (Å²) in [4.78, 5) is 25.3. The number of urea groups is 1. The second-order valence-electron chi connectivity index (χ2n) is 5.11. The number of carbonyl (C=O) groups excluding carboxylic acids is 1. The first kappa shape index (κ1) is 16.0. The number of halogens is 1. The highest BCUT2D eigenvalue weighted by molar-refractivity contribution is 14.1. The number of rotatable bonds is 4. The van der Waals surface area contributed by atoms with Crippen LogP contribution < -0.4 is 10.6 Å². The average Bonchev–Trinajstić information content (AvgIpc) is 2.84. The van der Waals surface area contributed by atoms with Crippen molar-refractivity contribution in [1.29, 1.82) is 0 Å². The minimum Gasteiger partial charge on any atom is -0.478 e. The van der Waals surface area contributed by atoms with Gasteiger partial charge in [0.2, 0.25) is 0 Å². The Morgan fingerprint density at radius 1 is 1.48 bits per heavy atom. The Bertz CT molecular complexity index is 550. The Balaban J connectivity index is 1.95. The van der Waals surface area contributed by atoms with Crippen molar-refractivity contribution in [2.45, 2.75) is 18.9 Å².